The number of rotatable bonds is 3. The van der Waals surface area contributed by atoms with Crippen LogP contribution in [0, 0.1) is 5.82 Å². The lowest BCUT2D eigenvalue weighted by Crippen LogP contribution is -2.10. The van der Waals surface area contributed by atoms with Crippen LogP contribution >= 0.6 is 23.2 Å². The van der Waals surface area contributed by atoms with Crippen LogP contribution in [0.25, 0.3) is 10.9 Å². The summed E-state index contributed by atoms with van der Waals surface area (Å²) >= 11 is 11.9. The zero-order valence-corrected chi connectivity index (χ0v) is 11.6. The summed E-state index contributed by atoms with van der Waals surface area (Å²) in [7, 11) is 0. The zero-order valence-electron chi connectivity index (χ0n) is 10.0. The summed E-state index contributed by atoms with van der Waals surface area (Å²) in [5.41, 5.74) is 1.00. The molecule has 2 aromatic rings. The number of carbonyl (C=O) groups is 1. The number of benzene rings is 1. The van der Waals surface area contributed by atoms with Gasteiger partial charge in [0, 0.05) is 11.3 Å². The van der Waals surface area contributed by atoms with Crippen LogP contribution in [0.5, 0.6) is 0 Å². The van der Waals surface area contributed by atoms with E-state index < -0.39 is 11.8 Å². The van der Waals surface area contributed by atoms with E-state index in [1.165, 1.54) is 18.2 Å². The molecule has 100 valence electrons. The molecule has 0 atom stereocenters. The Hall–Kier alpha value is -1.39. The minimum absolute atomic E-state index is 0.00760. The van der Waals surface area contributed by atoms with Gasteiger partial charge in [-0.25, -0.2) is 14.2 Å². The van der Waals surface area contributed by atoms with Gasteiger partial charge >= 0.3 is 5.97 Å². The summed E-state index contributed by atoms with van der Waals surface area (Å²) in [6.45, 7) is 1.89. The predicted molar refractivity (Wildman–Crippen MR) is 72.2 cm³/mol. The van der Waals surface area contributed by atoms with E-state index in [1.807, 2.05) is 0 Å². The quantitative estimate of drug-likeness (QED) is 0.490. The maximum absolute atomic E-state index is 13.3. The van der Waals surface area contributed by atoms with Crippen molar-refractivity contribution < 1.29 is 13.9 Å². The van der Waals surface area contributed by atoms with Crippen LogP contribution in [-0.4, -0.2) is 17.6 Å². The molecule has 0 unspecified atom stereocenters. The third-order valence-corrected chi connectivity index (χ3v) is 3.16. The van der Waals surface area contributed by atoms with Gasteiger partial charge in [0.1, 0.15) is 16.5 Å². The standard InChI is InChI=1S/C13H10Cl2FNO2/c1-2-19-13(18)11-9(6-14)8-5-7(16)3-4-10(8)17-12(11)15/h3-5H,2,6H2,1H3. The van der Waals surface area contributed by atoms with Crippen molar-refractivity contribution in [1.82, 2.24) is 4.98 Å². The topological polar surface area (TPSA) is 39.2 Å². The van der Waals surface area contributed by atoms with Crippen molar-refractivity contribution >= 4 is 40.1 Å². The first-order valence-electron chi connectivity index (χ1n) is 5.59. The van der Waals surface area contributed by atoms with E-state index in [0.717, 1.165) is 0 Å². The highest BCUT2D eigenvalue weighted by atomic mass is 35.5. The monoisotopic (exact) mass is 301 g/mol. The van der Waals surface area contributed by atoms with Gasteiger partial charge in [0.2, 0.25) is 0 Å². The lowest BCUT2D eigenvalue weighted by Gasteiger charge is -2.11. The van der Waals surface area contributed by atoms with Gasteiger partial charge < -0.3 is 4.74 Å². The fourth-order valence-corrected chi connectivity index (χ4v) is 2.38. The molecule has 0 aliphatic carbocycles. The Morgan fingerprint density at radius 2 is 2.21 bits per heavy atom. The predicted octanol–water partition coefficient (Wildman–Crippen LogP) is 3.94. The number of nitrogens with zero attached hydrogens (tertiary/aromatic N) is 1. The average Bonchev–Trinajstić information content (AvgIpc) is 2.38. The molecule has 0 aliphatic rings. The van der Waals surface area contributed by atoms with Crippen molar-refractivity contribution in [3.8, 4) is 0 Å². The van der Waals surface area contributed by atoms with E-state index in [4.69, 9.17) is 27.9 Å². The molecule has 0 saturated heterocycles. The smallest absolute Gasteiger partial charge is 0.341 e. The van der Waals surface area contributed by atoms with Crippen LogP contribution in [0.2, 0.25) is 5.15 Å². The number of ether oxygens (including phenoxy) is 1. The average molecular weight is 302 g/mol. The van der Waals surface area contributed by atoms with Gasteiger partial charge in [-0.3, -0.25) is 0 Å². The van der Waals surface area contributed by atoms with Gasteiger partial charge in [-0.1, -0.05) is 11.6 Å². The number of fused-ring (bicyclic) bond motifs is 1. The first-order valence-corrected chi connectivity index (χ1v) is 6.50. The van der Waals surface area contributed by atoms with E-state index in [-0.39, 0.29) is 23.2 Å². The van der Waals surface area contributed by atoms with Crippen LogP contribution in [-0.2, 0) is 10.6 Å². The number of aromatic nitrogens is 1. The largest absolute Gasteiger partial charge is 0.462 e. The second-order valence-electron chi connectivity index (χ2n) is 3.77. The van der Waals surface area contributed by atoms with E-state index >= 15 is 0 Å². The van der Waals surface area contributed by atoms with Crippen molar-refractivity contribution in [2.75, 3.05) is 6.61 Å². The zero-order chi connectivity index (χ0) is 14.0. The Morgan fingerprint density at radius 3 is 2.84 bits per heavy atom. The second kappa shape index (κ2) is 5.72. The van der Waals surface area contributed by atoms with E-state index in [0.29, 0.717) is 16.5 Å². The molecular weight excluding hydrogens is 292 g/mol. The molecule has 0 saturated carbocycles. The number of esters is 1. The van der Waals surface area contributed by atoms with Crippen molar-refractivity contribution in [1.29, 1.82) is 0 Å². The molecule has 1 aromatic heterocycles. The van der Waals surface area contributed by atoms with E-state index in [2.05, 4.69) is 4.98 Å². The SMILES string of the molecule is CCOC(=O)c1c(Cl)nc2ccc(F)cc2c1CCl. The van der Waals surface area contributed by atoms with Gasteiger partial charge in [0.05, 0.1) is 12.1 Å². The van der Waals surface area contributed by atoms with Gasteiger partial charge in [-0.15, -0.1) is 11.6 Å². The molecule has 0 amide bonds. The van der Waals surface area contributed by atoms with Crippen molar-refractivity contribution in [2.45, 2.75) is 12.8 Å². The molecule has 6 heteroatoms. The molecule has 19 heavy (non-hydrogen) atoms. The number of hydrogen-bond acceptors (Lipinski definition) is 3. The molecule has 0 N–H and O–H groups in total. The molecule has 0 bridgehead atoms. The van der Waals surface area contributed by atoms with E-state index in [9.17, 15) is 9.18 Å². The fraction of sp³-hybridized carbons (Fsp3) is 0.231. The highest BCUT2D eigenvalue weighted by molar-refractivity contribution is 6.33. The number of halogens is 3. The normalized spacial score (nSPS) is 10.7. The lowest BCUT2D eigenvalue weighted by atomic mass is 10.0. The number of alkyl halides is 1. The maximum atomic E-state index is 13.3. The first kappa shape index (κ1) is 14.0. The lowest BCUT2D eigenvalue weighted by molar-refractivity contribution is 0.0525. The summed E-state index contributed by atoms with van der Waals surface area (Å²) in [4.78, 5) is 15.9. The number of carbonyl (C=O) groups excluding carboxylic acids is 1. The molecule has 0 spiro atoms. The summed E-state index contributed by atoms with van der Waals surface area (Å²) in [6.07, 6.45) is 0. The van der Waals surface area contributed by atoms with Crippen LogP contribution in [0.15, 0.2) is 18.2 Å². The molecule has 3 nitrogen and oxygen atoms in total. The Morgan fingerprint density at radius 1 is 1.47 bits per heavy atom. The van der Waals surface area contributed by atoms with E-state index in [1.54, 1.807) is 6.92 Å². The molecule has 0 fully saturated rings. The Kier molecular flexibility index (Phi) is 4.22. The van der Waals surface area contributed by atoms with Crippen LogP contribution in [0.3, 0.4) is 0 Å². The van der Waals surface area contributed by atoms with Crippen LogP contribution in [0.1, 0.15) is 22.8 Å². The van der Waals surface area contributed by atoms with Gasteiger partial charge in [0.15, 0.2) is 0 Å². The molecule has 1 aromatic carbocycles. The Bertz CT molecular complexity index is 646. The van der Waals surface area contributed by atoms with Crippen molar-refractivity contribution in [3.05, 3.63) is 40.3 Å². The van der Waals surface area contributed by atoms with Gasteiger partial charge in [0.25, 0.3) is 0 Å². The first-order chi connectivity index (χ1) is 9.08. The molecule has 1 heterocycles. The summed E-state index contributed by atoms with van der Waals surface area (Å²) in [6, 6.07) is 4.04. The highest BCUT2D eigenvalue weighted by Crippen LogP contribution is 2.29. The molecular formula is C13H10Cl2FNO2. The minimum atomic E-state index is -0.609. The third-order valence-electron chi connectivity index (χ3n) is 2.62. The fourth-order valence-electron chi connectivity index (χ4n) is 1.82. The summed E-state index contributed by atoms with van der Waals surface area (Å²) < 4.78 is 18.2. The highest BCUT2D eigenvalue weighted by Gasteiger charge is 2.21. The molecule has 2 rings (SSSR count). The number of pyridine rings is 1. The minimum Gasteiger partial charge on any atom is -0.462 e. The summed E-state index contributed by atoms with van der Waals surface area (Å²) in [5, 5.41) is 0.468. The van der Waals surface area contributed by atoms with Crippen molar-refractivity contribution in [3.63, 3.8) is 0 Å². The van der Waals surface area contributed by atoms with Crippen molar-refractivity contribution in [2.24, 2.45) is 0 Å². The van der Waals surface area contributed by atoms with Crippen LogP contribution < -0.4 is 0 Å². The molecule has 0 radical (unpaired) electrons. The summed E-state index contributed by atoms with van der Waals surface area (Å²) in [5.74, 6) is -1.03. The molecule has 0 aliphatic heterocycles. The van der Waals surface area contributed by atoms with Crippen LogP contribution in [0.4, 0.5) is 4.39 Å². The van der Waals surface area contributed by atoms with Gasteiger partial charge in [-0.05, 0) is 30.7 Å². The Balaban J connectivity index is 2.75. The third kappa shape index (κ3) is 2.65. The number of hydrogen-bond donors (Lipinski definition) is 0. The van der Waals surface area contributed by atoms with Gasteiger partial charge in [-0.2, -0.15) is 0 Å². The maximum Gasteiger partial charge on any atom is 0.341 e. The second-order valence-corrected chi connectivity index (χ2v) is 4.40. The Labute approximate surface area is 119 Å².